The number of benzene rings is 1. The van der Waals surface area contributed by atoms with E-state index in [0.717, 1.165) is 19.3 Å². The highest BCUT2D eigenvalue weighted by Crippen LogP contribution is 2.28. The lowest BCUT2D eigenvalue weighted by molar-refractivity contribution is 0.167. The van der Waals surface area contributed by atoms with Crippen LogP contribution in [0, 0.1) is 0 Å². The first-order chi connectivity index (χ1) is 13.5. The van der Waals surface area contributed by atoms with Gasteiger partial charge in [0.1, 0.15) is 5.52 Å². The molecule has 2 aromatic heterocycles. The van der Waals surface area contributed by atoms with Crippen LogP contribution in [0.15, 0.2) is 23.1 Å². The number of piperidine rings is 1. The number of ether oxygens (including phenoxy) is 1. The minimum absolute atomic E-state index is 0.00123. The molecule has 0 radical (unpaired) electrons. The molecule has 0 unspecified atom stereocenters. The summed E-state index contributed by atoms with van der Waals surface area (Å²) < 4.78 is 32.2. The van der Waals surface area contributed by atoms with Crippen LogP contribution in [0.4, 0.5) is 10.7 Å². The molecule has 1 aliphatic heterocycles. The summed E-state index contributed by atoms with van der Waals surface area (Å²) in [6.45, 7) is 2.99. The zero-order valence-electron chi connectivity index (χ0n) is 15.3. The van der Waals surface area contributed by atoms with E-state index < -0.39 is 16.1 Å². The predicted molar refractivity (Wildman–Crippen MR) is 102 cm³/mol. The van der Waals surface area contributed by atoms with Crippen molar-refractivity contribution in [1.29, 1.82) is 0 Å². The molecule has 0 saturated carbocycles. The normalized spacial score (nSPS) is 15.8. The summed E-state index contributed by atoms with van der Waals surface area (Å²) in [5.74, 6) is -0.00123. The number of aromatic amines is 1. The number of amides is 1. The number of carbonyl (C=O) groups is 1. The van der Waals surface area contributed by atoms with Crippen molar-refractivity contribution in [3.63, 3.8) is 0 Å². The Morgan fingerprint density at radius 3 is 2.79 bits per heavy atom. The van der Waals surface area contributed by atoms with E-state index in [4.69, 9.17) is 4.74 Å². The molecule has 28 heavy (non-hydrogen) atoms. The number of sulfonamides is 1. The predicted octanol–water partition coefficient (Wildman–Crippen LogP) is 2.25. The summed E-state index contributed by atoms with van der Waals surface area (Å²) in [6.07, 6.45) is 2.13. The number of fused-ring (bicyclic) bond motifs is 3. The van der Waals surface area contributed by atoms with Crippen LogP contribution < -0.4 is 5.32 Å². The van der Waals surface area contributed by atoms with Gasteiger partial charge in [0.25, 0.3) is 5.95 Å². The van der Waals surface area contributed by atoms with E-state index in [1.54, 1.807) is 25.1 Å². The number of aromatic nitrogens is 4. The molecule has 1 saturated heterocycles. The Hall–Kier alpha value is -2.79. The maximum Gasteiger partial charge on any atom is 0.414 e. The smallest absolute Gasteiger partial charge is 0.414 e. The summed E-state index contributed by atoms with van der Waals surface area (Å²) >= 11 is 0. The highest BCUT2D eigenvalue weighted by molar-refractivity contribution is 7.89. The number of hydrogen-bond donors (Lipinski definition) is 2. The number of rotatable bonds is 4. The third kappa shape index (κ3) is 3.38. The lowest BCUT2D eigenvalue weighted by Crippen LogP contribution is -2.35. The molecule has 1 fully saturated rings. The largest absolute Gasteiger partial charge is 0.450 e. The maximum atomic E-state index is 12.9. The third-order valence-electron chi connectivity index (χ3n) is 4.63. The monoisotopic (exact) mass is 404 g/mol. The zero-order chi connectivity index (χ0) is 19.7. The summed E-state index contributed by atoms with van der Waals surface area (Å²) in [5, 5.41) is 11.0. The Bertz CT molecular complexity index is 1140. The third-order valence-corrected chi connectivity index (χ3v) is 6.52. The van der Waals surface area contributed by atoms with Crippen LogP contribution in [0.25, 0.3) is 22.1 Å². The standard InChI is InChI=1S/C17H20N6O4S/c1-2-27-17(24)20-16-19-15-14(21-22-16)12-10-11(6-7-13(12)18-15)28(25,26)23-8-4-3-5-9-23/h6-7,10H,2-5,8-9H2,1H3,(H2,18,19,20,22,24). The van der Waals surface area contributed by atoms with E-state index in [2.05, 4.69) is 25.5 Å². The molecule has 4 rings (SSSR count). The Balaban J connectivity index is 1.71. The summed E-state index contributed by atoms with van der Waals surface area (Å²) in [6, 6.07) is 4.85. The number of carbonyl (C=O) groups excluding carboxylic acids is 1. The van der Waals surface area contributed by atoms with E-state index in [0.29, 0.717) is 35.2 Å². The second kappa shape index (κ2) is 7.32. The number of nitrogens with one attached hydrogen (secondary N) is 2. The molecule has 0 atom stereocenters. The fourth-order valence-electron chi connectivity index (χ4n) is 3.28. The van der Waals surface area contributed by atoms with Crippen LogP contribution in [0.2, 0.25) is 0 Å². The van der Waals surface area contributed by atoms with Crippen LogP contribution in [0.3, 0.4) is 0 Å². The van der Waals surface area contributed by atoms with Crippen molar-refractivity contribution < 1.29 is 17.9 Å². The first-order valence-corrected chi connectivity index (χ1v) is 10.5. The highest BCUT2D eigenvalue weighted by Gasteiger charge is 2.26. The number of anilines is 1. The quantitative estimate of drug-likeness (QED) is 0.682. The van der Waals surface area contributed by atoms with Crippen molar-refractivity contribution in [2.24, 2.45) is 0 Å². The summed E-state index contributed by atoms with van der Waals surface area (Å²) in [5.41, 5.74) is 1.51. The van der Waals surface area contributed by atoms with Crippen LogP contribution in [-0.2, 0) is 14.8 Å². The van der Waals surface area contributed by atoms with Gasteiger partial charge in [0.05, 0.1) is 11.5 Å². The van der Waals surface area contributed by atoms with Crippen LogP contribution in [-0.4, -0.2) is 58.7 Å². The van der Waals surface area contributed by atoms with Gasteiger partial charge in [-0.1, -0.05) is 6.42 Å². The fraction of sp³-hybridized carbons (Fsp3) is 0.412. The van der Waals surface area contributed by atoms with Gasteiger partial charge in [-0.05, 0) is 38.0 Å². The topological polar surface area (TPSA) is 130 Å². The second-order valence-electron chi connectivity index (χ2n) is 6.48. The van der Waals surface area contributed by atoms with Gasteiger partial charge in [0.15, 0.2) is 5.65 Å². The summed E-state index contributed by atoms with van der Waals surface area (Å²) in [7, 11) is -3.55. The van der Waals surface area contributed by atoms with Crippen molar-refractivity contribution in [2.75, 3.05) is 25.0 Å². The van der Waals surface area contributed by atoms with Crippen LogP contribution >= 0.6 is 0 Å². The average Bonchev–Trinajstić information content (AvgIpc) is 3.05. The van der Waals surface area contributed by atoms with Crippen molar-refractivity contribution in [1.82, 2.24) is 24.5 Å². The molecule has 2 N–H and O–H groups in total. The van der Waals surface area contributed by atoms with Gasteiger partial charge in [-0.2, -0.15) is 9.29 Å². The Morgan fingerprint density at radius 1 is 1.25 bits per heavy atom. The van der Waals surface area contributed by atoms with Gasteiger partial charge in [-0.3, -0.25) is 5.32 Å². The lowest BCUT2D eigenvalue weighted by atomic mass is 10.2. The average molecular weight is 404 g/mol. The van der Waals surface area contributed by atoms with Crippen molar-refractivity contribution in [3.8, 4) is 0 Å². The van der Waals surface area contributed by atoms with Crippen LogP contribution in [0.5, 0.6) is 0 Å². The molecular weight excluding hydrogens is 384 g/mol. The number of H-pyrrole nitrogens is 1. The highest BCUT2D eigenvalue weighted by atomic mass is 32.2. The van der Waals surface area contributed by atoms with Gasteiger partial charge >= 0.3 is 6.09 Å². The van der Waals surface area contributed by atoms with Gasteiger partial charge < -0.3 is 9.72 Å². The molecule has 3 heterocycles. The Morgan fingerprint density at radius 2 is 2.04 bits per heavy atom. The van der Waals surface area contributed by atoms with E-state index in [1.165, 1.54) is 4.31 Å². The number of nitrogens with zero attached hydrogens (tertiary/aromatic N) is 4. The van der Waals surface area contributed by atoms with Crippen molar-refractivity contribution in [2.45, 2.75) is 31.1 Å². The first kappa shape index (κ1) is 18.6. The fourth-order valence-corrected chi connectivity index (χ4v) is 4.82. The zero-order valence-corrected chi connectivity index (χ0v) is 16.1. The molecule has 1 amide bonds. The summed E-state index contributed by atoms with van der Waals surface area (Å²) in [4.78, 5) is 19.0. The SMILES string of the molecule is CCOC(=O)Nc1nnc2c(n1)[nH]c1ccc(S(=O)(=O)N3CCCCC3)cc12. The minimum Gasteiger partial charge on any atom is -0.450 e. The molecule has 0 bridgehead atoms. The lowest BCUT2D eigenvalue weighted by Gasteiger charge is -2.25. The molecule has 3 aromatic rings. The Kier molecular flexibility index (Phi) is 4.85. The molecule has 148 valence electrons. The van der Waals surface area contributed by atoms with Crippen molar-refractivity contribution in [3.05, 3.63) is 18.2 Å². The van der Waals surface area contributed by atoms with Gasteiger partial charge in [0.2, 0.25) is 10.0 Å². The van der Waals surface area contributed by atoms with Gasteiger partial charge in [0, 0.05) is 24.0 Å². The van der Waals surface area contributed by atoms with E-state index >= 15 is 0 Å². The molecule has 1 aromatic carbocycles. The first-order valence-electron chi connectivity index (χ1n) is 9.09. The molecule has 0 spiro atoms. The maximum absolute atomic E-state index is 12.9. The molecular formula is C17H20N6O4S. The van der Waals surface area contributed by atoms with Gasteiger partial charge in [-0.15, -0.1) is 10.2 Å². The molecule has 11 heteroatoms. The second-order valence-corrected chi connectivity index (χ2v) is 8.41. The Labute approximate surface area is 161 Å². The van der Waals surface area contributed by atoms with E-state index in [9.17, 15) is 13.2 Å². The molecule has 10 nitrogen and oxygen atoms in total. The van der Waals surface area contributed by atoms with E-state index in [-0.39, 0.29) is 17.5 Å². The minimum atomic E-state index is -3.55. The molecule has 0 aliphatic carbocycles. The van der Waals surface area contributed by atoms with E-state index in [1.807, 2.05) is 0 Å². The van der Waals surface area contributed by atoms with Gasteiger partial charge in [-0.25, -0.2) is 13.2 Å². The molecule has 1 aliphatic rings. The van der Waals surface area contributed by atoms with Crippen molar-refractivity contribution >= 4 is 44.1 Å². The van der Waals surface area contributed by atoms with Crippen LogP contribution in [0.1, 0.15) is 26.2 Å². The number of hydrogen-bond acceptors (Lipinski definition) is 7.